The molecule has 3 aliphatic heterocycles. The van der Waals surface area contributed by atoms with Gasteiger partial charge in [0.15, 0.2) is 34.2 Å². The van der Waals surface area contributed by atoms with Crippen LogP contribution in [0.2, 0.25) is 5.02 Å². The number of hydrogen-bond acceptors (Lipinski definition) is 13. The number of carboxylic acids is 1. The Kier molecular flexibility index (Phi) is 10.4. The van der Waals surface area contributed by atoms with Gasteiger partial charge in [0.1, 0.15) is 29.4 Å². The largest absolute Gasteiger partial charge is 0.504 e. The topological polar surface area (TPSA) is 225 Å². The molecule has 5 rings (SSSR count). The Labute approximate surface area is 300 Å². The number of oxime groups is 1. The average Bonchev–Trinajstić information content (AvgIpc) is 3.50. The summed E-state index contributed by atoms with van der Waals surface area (Å²) in [6.45, 7) is 4.01. The molecule has 3 amide bonds. The van der Waals surface area contributed by atoms with E-state index in [-0.39, 0.29) is 44.8 Å². The van der Waals surface area contributed by atoms with Gasteiger partial charge in [-0.3, -0.25) is 24.1 Å². The number of aliphatic carboxylic acids is 1. The fourth-order valence-corrected chi connectivity index (χ4v) is 8.20. The first kappa shape index (κ1) is 36.9. The van der Waals surface area contributed by atoms with Crippen molar-refractivity contribution in [3.63, 3.8) is 0 Å². The number of likely N-dealkylation sites (tertiary alicyclic amines) is 1. The second-order valence-corrected chi connectivity index (χ2v) is 15.6. The van der Waals surface area contributed by atoms with Crippen LogP contribution in [-0.4, -0.2) is 133 Å². The van der Waals surface area contributed by atoms with E-state index in [1.807, 2.05) is 14.1 Å². The van der Waals surface area contributed by atoms with E-state index in [9.17, 15) is 39.3 Å². The van der Waals surface area contributed by atoms with Crippen LogP contribution < -0.4 is 11.1 Å². The van der Waals surface area contributed by atoms with Crippen LogP contribution in [-0.2, 0) is 24.0 Å². The number of benzene rings is 1. The number of aromatic nitrogens is 1. The predicted octanol–water partition coefficient (Wildman–Crippen LogP) is 1.61. The van der Waals surface area contributed by atoms with Crippen molar-refractivity contribution in [3.05, 3.63) is 45.1 Å². The molecule has 0 radical (unpaired) electrons. The number of β-lactam (4-membered cyclic amide) rings is 1. The number of piperidine rings is 1. The molecule has 1 aromatic heterocycles. The van der Waals surface area contributed by atoms with E-state index in [4.69, 9.17) is 22.2 Å². The van der Waals surface area contributed by atoms with Gasteiger partial charge >= 0.3 is 5.97 Å². The number of aldehydes is 1. The summed E-state index contributed by atoms with van der Waals surface area (Å²) in [5.41, 5.74) is 4.70. The fourth-order valence-electron chi connectivity index (χ4n) is 6.08. The van der Waals surface area contributed by atoms with E-state index in [1.165, 1.54) is 48.0 Å². The number of carboxylic acid groups (broad SMARTS) is 1. The van der Waals surface area contributed by atoms with Crippen molar-refractivity contribution in [2.24, 2.45) is 5.16 Å². The zero-order chi connectivity index (χ0) is 36.7. The number of fused-ring (bicyclic) bond motifs is 1. The third kappa shape index (κ3) is 7.24. The van der Waals surface area contributed by atoms with Gasteiger partial charge in [0.2, 0.25) is 0 Å². The number of nitrogens with zero attached hydrogens (tertiary/aromatic N) is 5. The quantitative estimate of drug-likeness (QED) is 0.0552. The van der Waals surface area contributed by atoms with Crippen LogP contribution in [0.15, 0.2) is 33.9 Å². The molecular weight excluding hydrogens is 714 g/mol. The second-order valence-electron chi connectivity index (χ2n) is 13.2. The van der Waals surface area contributed by atoms with Gasteiger partial charge in [0.25, 0.3) is 17.7 Å². The lowest BCUT2D eigenvalue weighted by molar-refractivity contribution is -0.911. The number of phenols is 2. The van der Waals surface area contributed by atoms with E-state index in [2.05, 4.69) is 15.5 Å². The number of nitrogens with one attached hydrogen (secondary N) is 1. The number of thioether (sulfide) groups is 1. The van der Waals surface area contributed by atoms with Gasteiger partial charge in [-0.05, 0) is 26.0 Å². The first-order valence-corrected chi connectivity index (χ1v) is 17.7. The first-order valence-electron chi connectivity index (χ1n) is 15.4. The predicted molar refractivity (Wildman–Crippen MR) is 185 cm³/mol. The Hall–Kier alpha value is -4.39. The zero-order valence-corrected chi connectivity index (χ0v) is 30.0. The second kappa shape index (κ2) is 14.1. The molecule has 6 N–H and O–H groups in total. The van der Waals surface area contributed by atoms with Gasteiger partial charge in [-0.25, -0.2) is 9.78 Å². The summed E-state index contributed by atoms with van der Waals surface area (Å²) < 4.78 is 0.399. The van der Waals surface area contributed by atoms with Gasteiger partial charge in [0, 0.05) is 42.6 Å². The number of carbonyl (C=O) groups excluding carboxylic acids is 4. The van der Waals surface area contributed by atoms with E-state index in [0.717, 1.165) is 11.3 Å². The molecule has 2 aromatic rings. The van der Waals surface area contributed by atoms with Crippen LogP contribution in [0.5, 0.6) is 11.5 Å². The minimum absolute atomic E-state index is 0.0519. The Balaban J connectivity index is 1.27. The molecule has 2 fully saturated rings. The number of nitrogens with two attached hydrogens (primary N) is 1. The van der Waals surface area contributed by atoms with Crippen molar-refractivity contribution in [2.45, 2.75) is 49.7 Å². The normalized spacial score (nSPS) is 20.3. The third-order valence-corrected chi connectivity index (χ3v) is 11.2. The summed E-state index contributed by atoms with van der Waals surface area (Å²) >= 11 is 8.50. The highest BCUT2D eigenvalue weighted by Crippen LogP contribution is 2.42. The lowest BCUT2D eigenvalue weighted by atomic mass is 9.98. The van der Waals surface area contributed by atoms with E-state index < -0.39 is 46.3 Å². The number of thiazole rings is 1. The molecule has 0 spiro atoms. The number of nitrogen functional groups attached to an aromatic ring is 1. The molecule has 1 aromatic carbocycles. The molecule has 268 valence electrons. The zero-order valence-electron chi connectivity index (χ0n) is 27.6. The van der Waals surface area contributed by atoms with Gasteiger partial charge in [0.05, 0.1) is 30.7 Å². The molecule has 0 bridgehead atoms. The molecule has 2 atom stereocenters. The molecule has 2 saturated heterocycles. The van der Waals surface area contributed by atoms with E-state index >= 15 is 0 Å². The highest BCUT2D eigenvalue weighted by Gasteiger charge is 2.55. The summed E-state index contributed by atoms with van der Waals surface area (Å²) in [6, 6.07) is 1.56. The van der Waals surface area contributed by atoms with Gasteiger partial charge in [-0.2, -0.15) is 0 Å². The molecule has 3 aliphatic rings. The Morgan fingerprint density at radius 1 is 1.24 bits per heavy atom. The number of amides is 3. The maximum atomic E-state index is 13.4. The maximum absolute atomic E-state index is 13.4. The number of quaternary nitrogens is 1. The van der Waals surface area contributed by atoms with Crippen molar-refractivity contribution >= 4 is 75.5 Å². The van der Waals surface area contributed by atoms with Gasteiger partial charge in [-0.15, -0.1) is 23.1 Å². The van der Waals surface area contributed by atoms with Crippen LogP contribution in [0.3, 0.4) is 0 Å². The van der Waals surface area contributed by atoms with Gasteiger partial charge < -0.3 is 40.6 Å². The number of phenolic OH excluding ortho intramolecular Hbond substituents is 2. The van der Waals surface area contributed by atoms with Crippen LogP contribution >= 0.6 is 34.7 Å². The Morgan fingerprint density at radius 3 is 2.52 bits per heavy atom. The van der Waals surface area contributed by atoms with E-state index in [0.29, 0.717) is 54.6 Å². The molecule has 50 heavy (non-hydrogen) atoms. The van der Waals surface area contributed by atoms with Crippen molar-refractivity contribution in [1.82, 2.24) is 20.1 Å². The van der Waals surface area contributed by atoms with Crippen LogP contribution in [0, 0.1) is 0 Å². The maximum Gasteiger partial charge on any atom is 0.352 e. The molecule has 4 heterocycles. The van der Waals surface area contributed by atoms with Crippen molar-refractivity contribution in [3.8, 4) is 11.5 Å². The van der Waals surface area contributed by atoms with Gasteiger partial charge in [-0.1, -0.05) is 16.8 Å². The highest BCUT2D eigenvalue weighted by molar-refractivity contribution is 8.00. The number of carbonyl (C=O) groups is 5. The molecular formula is C31H37ClN7O9S2+. The molecule has 0 aliphatic carbocycles. The van der Waals surface area contributed by atoms with Crippen LogP contribution in [0.4, 0.5) is 5.13 Å². The number of anilines is 1. The fraction of sp³-hybridized carbons (Fsp3) is 0.452. The molecule has 19 heteroatoms. The number of hydrogen-bond donors (Lipinski definition) is 5. The summed E-state index contributed by atoms with van der Waals surface area (Å²) in [5.74, 6) is -3.73. The molecule has 0 saturated carbocycles. The SMILES string of the molecule is CC(C)(C=O)O/N=C(\C(=O)N[C@@H]1C(=O)N2C(C(=O)O)=C(C[N+](C)(C)C3CCN(C(=O)c4ccc(O)c(O)c4Cl)CC3)CS[C@H]12)c1csc(N)n1. The summed E-state index contributed by atoms with van der Waals surface area (Å²) in [4.78, 5) is 76.0. The Morgan fingerprint density at radius 2 is 1.92 bits per heavy atom. The minimum Gasteiger partial charge on any atom is -0.504 e. The standard InChI is InChI=1S/C31H36ClN7O9S2/c1-31(2,14-40)48-36-21(18-13-50-30(33)34-18)25(43)35-22-27(45)38-23(29(46)47)15(12-49-28(22)38)11-39(3,4)16-7-9-37(10-8-16)26(44)17-5-6-19(41)24(42)20(17)32/h5-6,13-14,16,22,28H,7-12H2,1-4H3,(H5-,33,34,35,36,41,42,43,44,46,47)/p+1/t22-,28-/m1/s1. The van der Waals surface area contributed by atoms with Crippen LogP contribution in [0.25, 0.3) is 0 Å². The lowest BCUT2D eigenvalue weighted by Crippen LogP contribution is -2.71. The summed E-state index contributed by atoms with van der Waals surface area (Å²) in [7, 11) is 3.95. The average molecular weight is 751 g/mol. The smallest absolute Gasteiger partial charge is 0.352 e. The number of likely N-dealkylation sites (N-methyl/N-ethyl adjacent to an activating group) is 1. The molecule has 0 unspecified atom stereocenters. The van der Waals surface area contributed by atoms with Crippen molar-refractivity contribution in [2.75, 3.05) is 45.2 Å². The summed E-state index contributed by atoms with van der Waals surface area (Å²) in [5, 5.41) is 37.1. The highest BCUT2D eigenvalue weighted by atomic mass is 35.5. The lowest BCUT2D eigenvalue weighted by Gasteiger charge is -2.50. The van der Waals surface area contributed by atoms with Crippen molar-refractivity contribution in [1.29, 1.82) is 0 Å². The van der Waals surface area contributed by atoms with Crippen molar-refractivity contribution < 1.29 is 48.6 Å². The number of rotatable bonds is 11. The first-order chi connectivity index (χ1) is 23.5. The number of aromatic hydroxyl groups is 2. The minimum atomic E-state index is -1.35. The number of halogens is 1. The van der Waals surface area contributed by atoms with E-state index in [1.54, 1.807) is 4.90 Å². The third-order valence-electron chi connectivity index (χ3n) is 8.84. The Bertz CT molecular complexity index is 1800. The summed E-state index contributed by atoms with van der Waals surface area (Å²) in [6.07, 6.45) is 1.72. The monoisotopic (exact) mass is 750 g/mol. The van der Waals surface area contributed by atoms with Crippen LogP contribution in [0.1, 0.15) is 42.7 Å². The molecule has 16 nitrogen and oxygen atoms in total.